The third-order valence-corrected chi connectivity index (χ3v) is 11.1. The van der Waals surface area contributed by atoms with E-state index in [1.165, 1.54) is 0 Å². The van der Waals surface area contributed by atoms with Crippen LogP contribution in [0.2, 0.25) is 10.6 Å². The van der Waals surface area contributed by atoms with Gasteiger partial charge in [0.25, 0.3) is 0 Å². The van der Waals surface area contributed by atoms with Gasteiger partial charge >= 0.3 is 0 Å². The van der Waals surface area contributed by atoms with Crippen LogP contribution < -0.4 is 11.1 Å². The molecule has 0 bridgehead atoms. The molecular formula is C32H41BrCl2N6O4S2. The van der Waals surface area contributed by atoms with Crippen LogP contribution in [0.3, 0.4) is 0 Å². The van der Waals surface area contributed by atoms with E-state index in [0.29, 0.717) is 22.2 Å². The predicted molar refractivity (Wildman–Crippen MR) is 195 cm³/mol. The van der Waals surface area contributed by atoms with E-state index in [1.807, 2.05) is 61.5 Å². The Bertz CT molecular complexity index is 1900. The van der Waals surface area contributed by atoms with Gasteiger partial charge in [0.15, 0.2) is 19.7 Å². The molecule has 0 aliphatic heterocycles. The molecule has 3 N–H and O–H groups in total. The van der Waals surface area contributed by atoms with E-state index in [1.54, 1.807) is 54.9 Å². The Kier molecular flexibility index (Phi) is 14.2. The largest absolute Gasteiger partial charge is 0.383 e. The van der Waals surface area contributed by atoms with E-state index >= 15 is 0 Å². The molecule has 10 nitrogen and oxygen atoms in total. The van der Waals surface area contributed by atoms with Crippen LogP contribution in [-0.4, -0.2) is 48.3 Å². The van der Waals surface area contributed by atoms with Crippen LogP contribution in [-0.2, 0) is 19.7 Å². The molecule has 2 heterocycles. The summed E-state index contributed by atoms with van der Waals surface area (Å²) in [5, 5.41) is 3.41. The average molecular weight is 789 g/mol. The van der Waals surface area contributed by atoms with Gasteiger partial charge in [0.05, 0.1) is 21.3 Å². The summed E-state index contributed by atoms with van der Waals surface area (Å²) in [5.74, 6) is 1.24. The first-order chi connectivity index (χ1) is 21.5. The Morgan fingerprint density at radius 1 is 0.745 bits per heavy atom. The molecule has 0 spiro atoms. The number of hydrogen-bond acceptors (Lipinski definition) is 10. The molecule has 4 aromatic rings. The summed E-state index contributed by atoms with van der Waals surface area (Å²) in [6.45, 7) is 15.1. The molecule has 2 aromatic carbocycles. The maximum absolute atomic E-state index is 12.5. The number of halogens is 3. The summed E-state index contributed by atoms with van der Waals surface area (Å²) in [6, 6.07) is 13.5. The zero-order chi connectivity index (χ0) is 35.8. The van der Waals surface area contributed by atoms with Crippen molar-refractivity contribution in [3.05, 3.63) is 87.1 Å². The van der Waals surface area contributed by atoms with Gasteiger partial charge in [-0.2, -0.15) is 0 Å². The minimum atomic E-state index is -3.35. The molecule has 0 fully saturated rings. The normalized spacial score (nSPS) is 11.9. The van der Waals surface area contributed by atoms with Crippen LogP contribution in [0.4, 0.5) is 17.3 Å². The van der Waals surface area contributed by atoms with Crippen molar-refractivity contribution < 1.29 is 16.8 Å². The summed E-state index contributed by atoms with van der Waals surface area (Å²) in [4.78, 5) is 16.1. The zero-order valence-corrected chi connectivity index (χ0v) is 32.4. The monoisotopic (exact) mass is 786 g/mol. The quantitative estimate of drug-likeness (QED) is 0.182. The number of benzene rings is 2. The lowest BCUT2D eigenvalue weighted by Gasteiger charge is -2.18. The van der Waals surface area contributed by atoms with Crippen LogP contribution in [0.5, 0.6) is 0 Å². The Hall–Kier alpha value is -2.84. The third kappa shape index (κ3) is 14.4. The number of nitrogens with one attached hydrogen (secondary N) is 1. The number of nitrogens with zero attached hydrogens (tertiary/aromatic N) is 4. The summed E-state index contributed by atoms with van der Waals surface area (Å²) in [6.07, 6.45) is 3.20. The van der Waals surface area contributed by atoms with Gasteiger partial charge in [-0.05, 0) is 84.3 Å². The maximum Gasteiger partial charge on any atom is 0.224 e. The minimum absolute atomic E-state index is 0.0851. The maximum atomic E-state index is 12.5. The molecular weight excluding hydrogens is 747 g/mol. The lowest BCUT2D eigenvalue weighted by molar-refractivity contribution is 0.460. The molecule has 0 unspecified atom stereocenters. The number of anilines is 3. The summed E-state index contributed by atoms with van der Waals surface area (Å²) < 4.78 is 49.7. The third-order valence-electron chi connectivity index (χ3n) is 5.78. The Labute approximate surface area is 296 Å². The summed E-state index contributed by atoms with van der Waals surface area (Å²) in [5.41, 5.74) is 7.16. The van der Waals surface area contributed by atoms with Crippen LogP contribution in [0.1, 0.15) is 52.7 Å². The number of sulfone groups is 2. The van der Waals surface area contributed by atoms with Crippen molar-refractivity contribution in [3.8, 4) is 0 Å². The predicted octanol–water partition coefficient (Wildman–Crippen LogP) is 8.29. The number of hydrogen-bond donors (Lipinski definition) is 2. The second-order valence-corrected chi connectivity index (χ2v) is 18.7. The van der Waals surface area contributed by atoms with Crippen LogP contribution in [0.15, 0.2) is 75.2 Å². The second kappa shape index (κ2) is 16.5. The molecule has 0 saturated carbocycles. The van der Waals surface area contributed by atoms with Crippen molar-refractivity contribution in [1.29, 1.82) is 0 Å². The molecule has 0 aliphatic carbocycles. The SMILES string of the molecule is CC(C)(C)CS(=O)(=O)c1cccc(Br)c1.Cc1cnc(Cl)nc1N.Cc1cnc(Cl)nc1Nc1cccc(S(=O)(=O)CC(C)(C)C)c1. The fourth-order valence-electron chi connectivity index (χ4n) is 3.85. The number of aromatic nitrogens is 4. The fraction of sp³-hybridized carbons (Fsp3) is 0.375. The van der Waals surface area contributed by atoms with E-state index in [0.717, 1.165) is 15.6 Å². The lowest BCUT2D eigenvalue weighted by atomic mass is 10.0. The fourth-order valence-corrected chi connectivity index (χ4v) is 8.47. The summed E-state index contributed by atoms with van der Waals surface area (Å²) in [7, 11) is -6.52. The van der Waals surface area contributed by atoms with Gasteiger partial charge in [-0.25, -0.2) is 36.8 Å². The first-order valence-electron chi connectivity index (χ1n) is 14.3. The van der Waals surface area contributed by atoms with Crippen LogP contribution >= 0.6 is 39.1 Å². The van der Waals surface area contributed by atoms with Crippen molar-refractivity contribution in [2.45, 2.75) is 65.2 Å². The van der Waals surface area contributed by atoms with Gasteiger partial charge in [-0.1, -0.05) is 69.6 Å². The van der Waals surface area contributed by atoms with E-state index < -0.39 is 19.7 Å². The molecule has 0 atom stereocenters. The van der Waals surface area contributed by atoms with Crippen molar-refractivity contribution in [3.63, 3.8) is 0 Å². The Morgan fingerprint density at radius 3 is 1.68 bits per heavy atom. The molecule has 0 saturated heterocycles. The van der Waals surface area contributed by atoms with Gasteiger partial charge in [0, 0.05) is 33.7 Å². The van der Waals surface area contributed by atoms with Gasteiger partial charge in [-0.15, -0.1) is 0 Å². The van der Waals surface area contributed by atoms with E-state index in [2.05, 4.69) is 41.2 Å². The Balaban J connectivity index is 0.000000273. The van der Waals surface area contributed by atoms with Crippen molar-refractivity contribution in [1.82, 2.24) is 19.9 Å². The number of nitrogen functional groups attached to an aromatic ring is 1. The molecule has 2 aromatic heterocycles. The first-order valence-corrected chi connectivity index (χ1v) is 19.1. The van der Waals surface area contributed by atoms with Crippen molar-refractivity contribution in [2.75, 3.05) is 22.6 Å². The molecule has 0 radical (unpaired) electrons. The molecule has 256 valence electrons. The highest BCUT2D eigenvalue weighted by molar-refractivity contribution is 9.10. The van der Waals surface area contributed by atoms with E-state index in [-0.39, 0.29) is 37.8 Å². The highest BCUT2D eigenvalue weighted by Gasteiger charge is 2.24. The first kappa shape index (κ1) is 40.3. The van der Waals surface area contributed by atoms with E-state index in [9.17, 15) is 16.8 Å². The Morgan fingerprint density at radius 2 is 1.21 bits per heavy atom. The van der Waals surface area contributed by atoms with Gasteiger partial charge in [0.1, 0.15) is 11.6 Å². The number of nitrogens with two attached hydrogens (primary N) is 1. The van der Waals surface area contributed by atoms with Crippen molar-refractivity contribution in [2.24, 2.45) is 10.8 Å². The number of rotatable bonds is 6. The molecule has 4 rings (SSSR count). The minimum Gasteiger partial charge on any atom is -0.383 e. The van der Waals surface area contributed by atoms with Crippen molar-refractivity contribution >= 4 is 76.1 Å². The topological polar surface area (TPSA) is 158 Å². The van der Waals surface area contributed by atoms with Gasteiger partial charge in [-0.3, -0.25) is 0 Å². The molecule has 0 amide bonds. The van der Waals surface area contributed by atoms with Crippen LogP contribution in [0, 0.1) is 24.7 Å². The highest BCUT2D eigenvalue weighted by atomic mass is 79.9. The standard InChI is InChI=1S/C16H20ClN3O2S.C11H15BrO2S.C5H6ClN3/c1-11-9-18-15(17)20-14(11)19-12-6-5-7-13(8-12)23(21,22)10-16(2,3)4;1-11(2,3)8-15(13,14)10-6-4-5-9(12)7-10;1-3-2-8-5(6)9-4(3)7/h5-9H,10H2,1-4H3,(H,18,19,20);4-7H,8H2,1-3H3;2H,1H3,(H2,7,8,9). The van der Waals surface area contributed by atoms with E-state index in [4.69, 9.17) is 28.9 Å². The smallest absolute Gasteiger partial charge is 0.224 e. The average Bonchev–Trinajstić information content (AvgIpc) is 2.91. The molecule has 15 heteroatoms. The second-order valence-electron chi connectivity index (χ2n) is 13.1. The lowest BCUT2D eigenvalue weighted by Crippen LogP contribution is -2.20. The molecule has 0 aliphatic rings. The number of aryl methyl sites for hydroxylation is 2. The zero-order valence-electron chi connectivity index (χ0n) is 27.6. The highest BCUT2D eigenvalue weighted by Crippen LogP contribution is 2.26. The van der Waals surface area contributed by atoms with Gasteiger partial charge in [0.2, 0.25) is 10.6 Å². The summed E-state index contributed by atoms with van der Waals surface area (Å²) >= 11 is 14.5. The molecule has 47 heavy (non-hydrogen) atoms. The van der Waals surface area contributed by atoms with Crippen LogP contribution in [0.25, 0.3) is 0 Å². The van der Waals surface area contributed by atoms with Gasteiger partial charge < -0.3 is 11.1 Å².